The third-order valence-electron chi connectivity index (χ3n) is 9.60. The maximum atomic E-state index is 5.55. The van der Waals surface area contributed by atoms with Crippen LogP contribution in [0.3, 0.4) is 0 Å². The van der Waals surface area contributed by atoms with Gasteiger partial charge in [-0.3, -0.25) is 4.57 Å². The van der Waals surface area contributed by atoms with Gasteiger partial charge in [0, 0.05) is 52.7 Å². The van der Waals surface area contributed by atoms with Gasteiger partial charge in [0.2, 0.25) is 5.95 Å². The number of aromatic nitrogens is 3. The SMILES string of the molecule is c1ccc(-c2nc(-n3c4c5ccccc5ccc4c4c5ccccc5c5c6ccccc6sc5c43)nc3sc4ccccc4c23)cc1. The first-order valence-corrected chi connectivity index (χ1v) is 17.4. The minimum atomic E-state index is 0.702. The Balaban J connectivity index is 1.43. The molecule has 0 aliphatic heterocycles. The van der Waals surface area contributed by atoms with Gasteiger partial charge in [0.1, 0.15) is 4.83 Å². The van der Waals surface area contributed by atoms with Crippen LogP contribution in [0.5, 0.6) is 0 Å². The summed E-state index contributed by atoms with van der Waals surface area (Å²) >= 11 is 3.61. The summed E-state index contributed by atoms with van der Waals surface area (Å²) in [6, 6.07) is 50.2. The average Bonchev–Trinajstić information content (AvgIpc) is 3.82. The van der Waals surface area contributed by atoms with Gasteiger partial charge in [0.25, 0.3) is 0 Å². The van der Waals surface area contributed by atoms with Crippen LogP contribution in [0.2, 0.25) is 0 Å². The summed E-state index contributed by atoms with van der Waals surface area (Å²) in [6.45, 7) is 0. The number of thiophene rings is 2. The molecule has 0 saturated heterocycles. The maximum Gasteiger partial charge on any atom is 0.236 e. The molecule has 0 spiro atoms. The van der Waals surface area contributed by atoms with Crippen molar-refractivity contribution in [2.45, 2.75) is 0 Å². The average molecular weight is 634 g/mol. The number of benzene rings is 7. The molecule has 7 aromatic carbocycles. The predicted octanol–water partition coefficient (Wildman–Crippen LogP) is 12.3. The lowest BCUT2D eigenvalue weighted by Gasteiger charge is -2.12. The molecule has 0 radical (unpaired) electrons. The molecule has 0 bridgehead atoms. The zero-order chi connectivity index (χ0) is 30.6. The van der Waals surface area contributed by atoms with Crippen LogP contribution >= 0.6 is 22.7 Å². The quantitative estimate of drug-likeness (QED) is 0.190. The molecule has 0 unspecified atom stereocenters. The van der Waals surface area contributed by atoms with E-state index in [9.17, 15) is 0 Å². The summed E-state index contributed by atoms with van der Waals surface area (Å²) in [5, 5.41) is 12.3. The molecule has 3 nitrogen and oxygen atoms in total. The Hall–Kier alpha value is -5.62. The fourth-order valence-electron chi connectivity index (χ4n) is 7.65. The van der Waals surface area contributed by atoms with Crippen LogP contribution in [-0.2, 0) is 0 Å². The first kappa shape index (κ1) is 25.6. The number of nitrogens with zero attached hydrogens (tertiary/aromatic N) is 3. The second-order valence-corrected chi connectivity index (χ2v) is 14.2. The fourth-order valence-corrected chi connectivity index (χ4v) is 9.98. The number of hydrogen-bond donors (Lipinski definition) is 0. The van der Waals surface area contributed by atoms with Gasteiger partial charge in [-0.2, -0.15) is 0 Å². The Kier molecular flexibility index (Phi) is 5.14. The van der Waals surface area contributed by atoms with Crippen molar-refractivity contribution in [1.82, 2.24) is 14.5 Å². The van der Waals surface area contributed by atoms with E-state index in [1.165, 1.54) is 68.1 Å². The lowest BCUT2D eigenvalue weighted by atomic mass is 9.98. The van der Waals surface area contributed by atoms with E-state index < -0.39 is 0 Å². The lowest BCUT2D eigenvalue weighted by Crippen LogP contribution is -2.03. The summed E-state index contributed by atoms with van der Waals surface area (Å²) in [7, 11) is 0. The van der Waals surface area contributed by atoms with Crippen LogP contribution in [0.15, 0.2) is 140 Å². The van der Waals surface area contributed by atoms with Gasteiger partial charge in [-0.1, -0.05) is 127 Å². The maximum absolute atomic E-state index is 5.55. The highest BCUT2D eigenvalue weighted by Crippen LogP contribution is 2.49. The van der Waals surface area contributed by atoms with Gasteiger partial charge < -0.3 is 0 Å². The molecule has 47 heavy (non-hydrogen) atoms. The summed E-state index contributed by atoms with van der Waals surface area (Å²) in [4.78, 5) is 12.0. The Bertz CT molecular complexity index is 3070. The zero-order valence-corrected chi connectivity index (χ0v) is 26.6. The van der Waals surface area contributed by atoms with Crippen molar-refractivity contribution < 1.29 is 0 Å². The first-order valence-electron chi connectivity index (χ1n) is 15.8. The lowest BCUT2D eigenvalue weighted by molar-refractivity contribution is 1.02. The van der Waals surface area contributed by atoms with Crippen molar-refractivity contribution in [3.63, 3.8) is 0 Å². The van der Waals surface area contributed by atoms with E-state index >= 15 is 0 Å². The van der Waals surface area contributed by atoms with Crippen molar-refractivity contribution in [1.29, 1.82) is 0 Å². The molecule has 4 aromatic heterocycles. The monoisotopic (exact) mass is 633 g/mol. The van der Waals surface area contributed by atoms with Gasteiger partial charge >= 0.3 is 0 Å². The molecule has 0 saturated carbocycles. The Labute approximate surface area is 276 Å². The molecular formula is C42H23N3S2. The van der Waals surface area contributed by atoms with Crippen LogP contribution in [0.1, 0.15) is 0 Å². The van der Waals surface area contributed by atoms with Crippen LogP contribution in [0.4, 0.5) is 0 Å². The summed E-state index contributed by atoms with van der Waals surface area (Å²) in [5.74, 6) is 0.702. The fraction of sp³-hybridized carbons (Fsp3) is 0. The Morgan fingerprint density at radius 1 is 0.426 bits per heavy atom. The molecule has 0 aliphatic carbocycles. The largest absolute Gasteiger partial charge is 0.276 e. The topological polar surface area (TPSA) is 30.7 Å². The highest BCUT2D eigenvalue weighted by atomic mass is 32.1. The molecule has 11 aromatic rings. The minimum Gasteiger partial charge on any atom is -0.276 e. The Morgan fingerprint density at radius 3 is 1.83 bits per heavy atom. The van der Waals surface area contributed by atoms with Crippen molar-refractivity contribution >= 4 is 106 Å². The number of fused-ring (bicyclic) bond motifs is 15. The Morgan fingerprint density at radius 2 is 1.04 bits per heavy atom. The molecule has 0 amide bonds. The minimum absolute atomic E-state index is 0.702. The van der Waals surface area contributed by atoms with Crippen LogP contribution < -0.4 is 0 Å². The molecule has 0 N–H and O–H groups in total. The van der Waals surface area contributed by atoms with Gasteiger partial charge in [0.15, 0.2) is 0 Å². The van der Waals surface area contributed by atoms with E-state index in [1.807, 2.05) is 11.3 Å². The highest BCUT2D eigenvalue weighted by molar-refractivity contribution is 7.27. The van der Waals surface area contributed by atoms with E-state index in [2.05, 4.69) is 144 Å². The van der Waals surface area contributed by atoms with Crippen molar-refractivity contribution in [2.75, 3.05) is 0 Å². The molecule has 218 valence electrons. The van der Waals surface area contributed by atoms with Crippen LogP contribution in [0, 0.1) is 0 Å². The molecule has 11 rings (SSSR count). The number of hydrogen-bond acceptors (Lipinski definition) is 4. The van der Waals surface area contributed by atoms with E-state index in [-0.39, 0.29) is 0 Å². The second kappa shape index (κ2) is 9.46. The molecule has 4 heterocycles. The number of rotatable bonds is 2. The van der Waals surface area contributed by atoms with Crippen LogP contribution in [-0.4, -0.2) is 14.5 Å². The van der Waals surface area contributed by atoms with Crippen molar-refractivity contribution in [2.24, 2.45) is 0 Å². The zero-order valence-electron chi connectivity index (χ0n) is 24.9. The van der Waals surface area contributed by atoms with Gasteiger partial charge in [-0.25, -0.2) is 9.97 Å². The molecule has 5 heteroatoms. The predicted molar refractivity (Wildman–Crippen MR) is 203 cm³/mol. The second-order valence-electron chi connectivity index (χ2n) is 12.1. The summed E-state index contributed by atoms with van der Waals surface area (Å²) < 4.78 is 6.15. The highest BCUT2D eigenvalue weighted by Gasteiger charge is 2.25. The smallest absolute Gasteiger partial charge is 0.236 e. The third kappa shape index (κ3) is 3.45. The van der Waals surface area contributed by atoms with Crippen molar-refractivity contribution in [3.05, 3.63) is 140 Å². The third-order valence-corrected chi connectivity index (χ3v) is 11.8. The van der Waals surface area contributed by atoms with Gasteiger partial charge in [0.05, 0.1) is 21.4 Å². The van der Waals surface area contributed by atoms with Gasteiger partial charge in [-0.15, -0.1) is 22.7 Å². The summed E-state index contributed by atoms with van der Waals surface area (Å²) in [5.41, 5.74) is 4.37. The van der Waals surface area contributed by atoms with Crippen molar-refractivity contribution in [3.8, 4) is 17.2 Å². The van der Waals surface area contributed by atoms with E-state index in [1.54, 1.807) is 11.3 Å². The van der Waals surface area contributed by atoms with Gasteiger partial charge in [-0.05, 0) is 28.3 Å². The van der Waals surface area contributed by atoms with E-state index in [0.717, 1.165) is 27.0 Å². The molecule has 0 fully saturated rings. The molecule has 0 aliphatic rings. The standard InChI is InChI=1S/C42H23N3S2/c1-2-13-25(14-3-1)37-36-30-19-9-11-21-33(30)47-41(36)44-42(43-37)45-38-26-15-5-4-12-24(26)22-23-31(38)34-27-16-6-7-17-28(27)35-29-18-8-10-20-32(29)46-40(35)39(34)45/h1-23H. The van der Waals surface area contributed by atoms with Crippen LogP contribution in [0.25, 0.3) is 101 Å². The van der Waals surface area contributed by atoms with E-state index in [4.69, 9.17) is 9.97 Å². The first-order chi connectivity index (χ1) is 23.3. The van der Waals surface area contributed by atoms with E-state index in [0.29, 0.717) is 5.95 Å². The molecule has 0 atom stereocenters. The normalized spacial score (nSPS) is 12.3. The summed E-state index contributed by atoms with van der Waals surface area (Å²) in [6.07, 6.45) is 0. The molecular weight excluding hydrogens is 611 g/mol.